The summed E-state index contributed by atoms with van der Waals surface area (Å²) in [7, 11) is 4.15. The van der Waals surface area contributed by atoms with Crippen molar-refractivity contribution in [2.24, 2.45) is 0 Å². The van der Waals surface area contributed by atoms with Crippen molar-refractivity contribution >= 4 is 0 Å². The molecule has 2 nitrogen and oxygen atoms in total. The van der Waals surface area contributed by atoms with E-state index < -0.39 is 0 Å². The predicted molar refractivity (Wildman–Crippen MR) is 75.4 cm³/mol. The van der Waals surface area contributed by atoms with Gasteiger partial charge < -0.3 is 10.2 Å². The molecule has 1 aromatic carbocycles. The number of hydrogen-bond donors (Lipinski definition) is 1. The molecule has 1 rings (SSSR count). The van der Waals surface area contributed by atoms with E-state index in [-0.39, 0.29) is 5.41 Å². The zero-order valence-corrected chi connectivity index (χ0v) is 11.9. The van der Waals surface area contributed by atoms with Crippen LogP contribution in [0.1, 0.15) is 31.9 Å². The molecule has 0 atom stereocenters. The third-order valence-electron chi connectivity index (χ3n) is 3.02. The van der Waals surface area contributed by atoms with E-state index in [1.807, 2.05) is 7.05 Å². The molecule has 0 spiro atoms. The van der Waals surface area contributed by atoms with E-state index in [1.54, 1.807) is 0 Å². The van der Waals surface area contributed by atoms with Crippen LogP contribution in [0.25, 0.3) is 0 Å². The van der Waals surface area contributed by atoms with E-state index in [9.17, 15) is 0 Å². The average Bonchev–Trinajstić information content (AvgIpc) is 2.26. The van der Waals surface area contributed by atoms with Crippen molar-refractivity contribution in [3.63, 3.8) is 0 Å². The highest BCUT2D eigenvalue weighted by Gasteiger charge is 2.12. The monoisotopic (exact) mass is 234 g/mol. The molecule has 96 valence electrons. The maximum Gasteiger partial charge on any atom is 0.0231 e. The Balaban J connectivity index is 2.56. The first-order chi connectivity index (χ1) is 7.93. The number of benzene rings is 1. The van der Waals surface area contributed by atoms with E-state index in [0.717, 1.165) is 19.6 Å². The summed E-state index contributed by atoms with van der Waals surface area (Å²) in [5.74, 6) is 0. The molecule has 0 fully saturated rings. The van der Waals surface area contributed by atoms with Crippen LogP contribution in [0.2, 0.25) is 0 Å². The van der Waals surface area contributed by atoms with Crippen LogP contribution in [0.4, 0.5) is 0 Å². The summed E-state index contributed by atoms with van der Waals surface area (Å²) in [4.78, 5) is 2.34. The SMILES string of the molecule is CNCCN(C)Cc1ccc(C(C)(C)C)cc1. The van der Waals surface area contributed by atoms with Crippen LogP contribution in [0.3, 0.4) is 0 Å². The predicted octanol–water partition coefficient (Wildman–Crippen LogP) is 2.64. The standard InChI is InChI=1S/C15H26N2/c1-15(2,3)14-8-6-13(7-9-14)12-17(5)11-10-16-4/h6-9,16H,10-12H2,1-5H3. The molecule has 0 heterocycles. The minimum Gasteiger partial charge on any atom is -0.318 e. The molecule has 0 saturated carbocycles. The molecule has 0 aliphatic carbocycles. The number of nitrogens with one attached hydrogen (secondary N) is 1. The first-order valence-electron chi connectivity index (χ1n) is 6.36. The molecule has 0 saturated heterocycles. The molecule has 17 heavy (non-hydrogen) atoms. The van der Waals surface area contributed by atoms with Crippen LogP contribution in [-0.2, 0) is 12.0 Å². The third kappa shape index (κ3) is 4.88. The largest absolute Gasteiger partial charge is 0.318 e. The van der Waals surface area contributed by atoms with E-state index in [1.165, 1.54) is 11.1 Å². The molecule has 0 aliphatic rings. The topological polar surface area (TPSA) is 15.3 Å². The molecule has 2 heteroatoms. The highest BCUT2D eigenvalue weighted by molar-refractivity contribution is 5.27. The van der Waals surface area contributed by atoms with E-state index in [2.05, 4.69) is 62.3 Å². The molecule has 0 amide bonds. The van der Waals surface area contributed by atoms with Gasteiger partial charge in [-0.05, 0) is 30.6 Å². The average molecular weight is 234 g/mol. The fourth-order valence-electron chi connectivity index (χ4n) is 1.80. The Kier molecular flexibility index (Phi) is 5.16. The van der Waals surface area contributed by atoms with Crippen molar-refractivity contribution in [3.8, 4) is 0 Å². The molecule has 1 aromatic rings. The molecular weight excluding hydrogens is 208 g/mol. The summed E-state index contributed by atoms with van der Waals surface area (Å²) in [6.45, 7) is 9.89. The van der Waals surface area contributed by atoms with Crippen molar-refractivity contribution in [2.45, 2.75) is 32.7 Å². The van der Waals surface area contributed by atoms with Crippen molar-refractivity contribution in [3.05, 3.63) is 35.4 Å². The zero-order valence-electron chi connectivity index (χ0n) is 11.9. The Labute approximate surface area is 106 Å². The van der Waals surface area contributed by atoms with Gasteiger partial charge in [0.25, 0.3) is 0 Å². The highest BCUT2D eigenvalue weighted by atomic mass is 15.1. The van der Waals surface area contributed by atoms with Crippen molar-refractivity contribution in [1.29, 1.82) is 0 Å². The van der Waals surface area contributed by atoms with Crippen LogP contribution >= 0.6 is 0 Å². The lowest BCUT2D eigenvalue weighted by Gasteiger charge is -2.20. The minimum absolute atomic E-state index is 0.247. The number of hydrogen-bond acceptors (Lipinski definition) is 2. The lowest BCUT2D eigenvalue weighted by molar-refractivity contribution is 0.328. The quantitative estimate of drug-likeness (QED) is 0.842. The fraction of sp³-hybridized carbons (Fsp3) is 0.600. The Bertz CT molecular complexity index is 322. The number of rotatable bonds is 5. The molecule has 1 N–H and O–H groups in total. The first kappa shape index (κ1) is 14.2. The van der Waals surface area contributed by atoms with Gasteiger partial charge in [-0.3, -0.25) is 0 Å². The van der Waals surface area contributed by atoms with Gasteiger partial charge in [-0.2, -0.15) is 0 Å². The lowest BCUT2D eigenvalue weighted by Crippen LogP contribution is -2.26. The smallest absolute Gasteiger partial charge is 0.0231 e. The Morgan fingerprint density at radius 1 is 1.12 bits per heavy atom. The molecule has 0 radical (unpaired) electrons. The molecular formula is C15H26N2. The van der Waals surface area contributed by atoms with Crippen LogP contribution in [-0.4, -0.2) is 32.1 Å². The zero-order chi connectivity index (χ0) is 12.9. The Morgan fingerprint density at radius 3 is 2.18 bits per heavy atom. The van der Waals surface area contributed by atoms with Gasteiger partial charge in [0.15, 0.2) is 0 Å². The summed E-state index contributed by atoms with van der Waals surface area (Å²) in [6, 6.07) is 9.00. The highest BCUT2D eigenvalue weighted by Crippen LogP contribution is 2.22. The fourth-order valence-corrected chi connectivity index (χ4v) is 1.80. The summed E-state index contributed by atoms with van der Waals surface area (Å²) in [5.41, 5.74) is 3.03. The third-order valence-corrected chi connectivity index (χ3v) is 3.02. The number of likely N-dealkylation sites (N-methyl/N-ethyl adjacent to an activating group) is 2. The van der Waals surface area contributed by atoms with Crippen molar-refractivity contribution in [2.75, 3.05) is 27.2 Å². The summed E-state index contributed by atoms with van der Waals surface area (Å²) < 4.78 is 0. The van der Waals surface area contributed by atoms with Gasteiger partial charge in [0.1, 0.15) is 0 Å². The first-order valence-corrected chi connectivity index (χ1v) is 6.36. The van der Waals surface area contributed by atoms with Gasteiger partial charge in [-0.15, -0.1) is 0 Å². The van der Waals surface area contributed by atoms with Crippen molar-refractivity contribution in [1.82, 2.24) is 10.2 Å². The van der Waals surface area contributed by atoms with Crippen LogP contribution in [0.5, 0.6) is 0 Å². The summed E-state index contributed by atoms with van der Waals surface area (Å²) in [6.07, 6.45) is 0. The Hall–Kier alpha value is -0.860. The van der Waals surface area contributed by atoms with Gasteiger partial charge in [0.05, 0.1) is 0 Å². The van der Waals surface area contributed by atoms with Crippen LogP contribution in [0, 0.1) is 0 Å². The summed E-state index contributed by atoms with van der Waals surface area (Å²) in [5, 5.41) is 3.17. The number of nitrogens with zero attached hydrogens (tertiary/aromatic N) is 1. The maximum absolute atomic E-state index is 3.17. The van der Waals surface area contributed by atoms with Crippen molar-refractivity contribution < 1.29 is 0 Å². The maximum atomic E-state index is 3.17. The molecule has 0 unspecified atom stereocenters. The Morgan fingerprint density at radius 2 is 1.71 bits per heavy atom. The van der Waals surface area contributed by atoms with Gasteiger partial charge in [0.2, 0.25) is 0 Å². The van der Waals surface area contributed by atoms with Gasteiger partial charge in [-0.25, -0.2) is 0 Å². The van der Waals surface area contributed by atoms with Crippen LogP contribution < -0.4 is 5.32 Å². The second-order valence-electron chi connectivity index (χ2n) is 5.79. The van der Waals surface area contributed by atoms with Gasteiger partial charge in [-0.1, -0.05) is 45.0 Å². The van der Waals surface area contributed by atoms with E-state index in [4.69, 9.17) is 0 Å². The lowest BCUT2D eigenvalue weighted by atomic mass is 9.87. The van der Waals surface area contributed by atoms with Gasteiger partial charge >= 0.3 is 0 Å². The second-order valence-corrected chi connectivity index (χ2v) is 5.79. The van der Waals surface area contributed by atoms with Gasteiger partial charge in [0, 0.05) is 19.6 Å². The normalized spacial score (nSPS) is 12.1. The molecule has 0 bridgehead atoms. The van der Waals surface area contributed by atoms with Crippen LogP contribution in [0.15, 0.2) is 24.3 Å². The van der Waals surface area contributed by atoms with E-state index >= 15 is 0 Å². The minimum atomic E-state index is 0.247. The second kappa shape index (κ2) is 6.18. The van der Waals surface area contributed by atoms with E-state index in [0.29, 0.717) is 0 Å². The molecule has 0 aliphatic heterocycles. The molecule has 0 aromatic heterocycles. The summed E-state index contributed by atoms with van der Waals surface area (Å²) >= 11 is 0.